The lowest BCUT2D eigenvalue weighted by molar-refractivity contribution is -0.137. The Labute approximate surface area is 215 Å². The topological polar surface area (TPSA) is 72.3 Å². The zero-order valence-corrected chi connectivity index (χ0v) is 21.7. The van der Waals surface area contributed by atoms with Crippen molar-refractivity contribution in [2.45, 2.75) is 52.1 Å². The fourth-order valence-corrected chi connectivity index (χ4v) is 5.31. The van der Waals surface area contributed by atoms with Crippen LogP contribution in [-0.4, -0.2) is 46.4 Å². The van der Waals surface area contributed by atoms with E-state index in [2.05, 4.69) is 15.2 Å². The fourth-order valence-electron chi connectivity index (χ4n) is 4.38. The normalized spacial score (nSPS) is 18.1. The third-order valence-corrected chi connectivity index (χ3v) is 7.24. The molecule has 1 N–H and O–H groups in total. The van der Waals surface area contributed by atoms with Crippen LogP contribution in [0.25, 0.3) is 11.4 Å². The number of nitrogens with one attached hydrogen (secondary N) is 1. The van der Waals surface area contributed by atoms with E-state index in [0.29, 0.717) is 37.5 Å². The van der Waals surface area contributed by atoms with Gasteiger partial charge in [0.1, 0.15) is 11.5 Å². The highest BCUT2D eigenvalue weighted by molar-refractivity contribution is 7.13. The summed E-state index contributed by atoms with van der Waals surface area (Å²) in [5, 5.41) is 6.07. The van der Waals surface area contributed by atoms with E-state index in [1.807, 2.05) is 19.2 Å². The van der Waals surface area contributed by atoms with Gasteiger partial charge < -0.3 is 15.0 Å². The molecule has 36 heavy (non-hydrogen) atoms. The van der Waals surface area contributed by atoms with Crippen LogP contribution in [-0.2, 0) is 23.9 Å². The summed E-state index contributed by atoms with van der Waals surface area (Å²) in [7, 11) is 0. The minimum Gasteiger partial charge on any atom is -0.374 e. The van der Waals surface area contributed by atoms with Crippen molar-refractivity contribution in [3.05, 3.63) is 56.4 Å². The van der Waals surface area contributed by atoms with Gasteiger partial charge in [0.05, 0.1) is 28.4 Å². The average molecular weight is 542 g/mol. The molecule has 194 valence electrons. The second-order valence-electron chi connectivity index (χ2n) is 8.32. The molecule has 4 rings (SSSR count). The Morgan fingerprint density at radius 3 is 2.61 bits per heavy atom. The molecule has 0 amide bonds. The maximum Gasteiger partial charge on any atom is 0.416 e. The molecule has 1 fully saturated rings. The third kappa shape index (κ3) is 5.23. The van der Waals surface area contributed by atoms with Gasteiger partial charge in [0.15, 0.2) is 5.13 Å². The van der Waals surface area contributed by atoms with Crippen LogP contribution in [0.3, 0.4) is 0 Å². The van der Waals surface area contributed by atoms with Crippen LogP contribution in [0.2, 0.25) is 5.02 Å². The number of benzene rings is 1. The zero-order chi connectivity index (χ0) is 26.0. The number of aryl methyl sites for hydroxylation is 1. The van der Waals surface area contributed by atoms with Gasteiger partial charge in [-0.25, -0.2) is 9.97 Å². The molecule has 2 aromatic heterocycles. The van der Waals surface area contributed by atoms with Crippen molar-refractivity contribution < 1.29 is 17.9 Å². The number of ether oxygens (including phenoxy) is 1. The maximum absolute atomic E-state index is 13.6. The number of halogens is 4. The first-order chi connectivity index (χ1) is 17.2. The molecular formula is C24H27ClF3N5O2S. The van der Waals surface area contributed by atoms with E-state index in [0.717, 1.165) is 17.3 Å². The lowest BCUT2D eigenvalue weighted by atomic mass is 10.1. The standard InChI is InChI=1S/C24H27ClF3N5O2S/c1-4-17-20(30-18-12-32(13-19(18)35-6-3)23-29-9-10-36-23)22(34)33(5-2)21(31-17)15-8-7-14(11-16(15)25)24(26,27)28/h7-11,18-19,30H,4-6,12-13H2,1-3H3. The molecule has 1 aliphatic heterocycles. The first-order valence-electron chi connectivity index (χ1n) is 11.7. The van der Waals surface area contributed by atoms with Gasteiger partial charge in [-0.1, -0.05) is 18.5 Å². The van der Waals surface area contributed by atoms with E-state index in [9.17, 15) is 18.0 Å². The van der Waals surface area contributed by atoms with Crippen molar-refractivity contribution in [2.24, 2.45) is 0 Å². The smallest absolute Gasteiger partial charge is 0.374 e. The Morgan fingerprint density at radius 2 is 2.03 bits per heavy atom. The molecule has 2 atom stereocenters. The van der Waals surface area contributed by atoms with Gasteiger partial charge in [0.25, 0.3) is 5.56 Å². The van der Waals surface area contributed by atoms with E-state index < -0.39 is 11.7 Å². The molecule has 0 spiro atoms. The second kappa shape index (κ2) is 10.8. The minimum atomic E-state index is -4.52. The van der Waals surface area contributed by atoms with E-state index in [1.165, 1.54) is 22.0 Å². The lowest BCUT2D eigenvalue weighted by Crippen LogP contribution is -2.38. The van der Waals surface area contributed by atoms with Crippen LogP contribution in [0.15, 0.2) is 34.6 Å². The quantitative estimate of drug-likeness (QED) is 0.416. The molecule has 0 saturated carbocycles. The number of hydrogen-bond acceptors (Lipinski definition) is 7. The Kier molecular flexibility index (Phi) is 7.91. The van der Waals surface area contributed by atoms with Crippen molar-refractivity contribution in [3.8, 4) is 11.4 Å². The van der Waals surface area contributed by atoms with E-state index in [1.54, 1.807) is 13.1 Å². The highest BCUT2D eigenvalue weighted by atomic mass is 35.5. The predicted octanol–water partition coefficient (Wildman–Crippen LogP) is 5.33. The van der Waals surface area contributed by atoms with Crippen LogP contribution in [0.4, 0.5) is 24.0 Å². The molecule has 0 radical (unpaired) electrons. The van der Waals surface area contributed by atoms with Gasteiger partial charge >= 0.3 is 6.18 Å². The van der Waals surface area contributed by atoms with Crippen LogP contribution >= 0.6 is 22.9 Å². The van der Waals surface area contributed by atoms with Gasteiger partial charge in [-0.05, 0) is 38.5 Å². The highest BCUT2D eigenvalue weighted by Gasteiger charge is 2.36. The number of aromatic nitrogens is 3. The van der Waals surface area contributed by atoms with Crippen LogP contribution in [0.1, 0.15) is 32.0 Å². The van der Waals surface area contributed by atoms with E-state index in [-0.39, 0.29) is 40.7 Å². The number of thiazole rings is 1. The Hall–Kier alpha value is -2.63. The number of anilines is 2. The van der Waals surface area contributed by atoms with E-state index >= 15 is 0 Å². The number of nitrogens with zero attached hydrogens (tertiary/aromatic N) is 4. The fraction of sp³-hybridized carbons (Fsp3) is 0.458. The van der Waals surface area contributed by atoms with Crippen molar-refractivity contribution in [2.75, 3.05) is 29.9 Å². The van der Waals surface area contributed by atoms with Crippen molar-refractivity contribution in [1.82, 2.24) is 14.5 Å². The number of alkyl halides is 3. The summed E-state index contributed by atoms with van der Waals surface area (Å²) in [5.41, 5.74) is -0.0183. The number of hydrogen-bond donors (Lipinski definition) is 1. The molecule has 7 nitrogen and oxygen atoms in total. The SMILES string of the molecule is CCOC1CN(c2nccs2)CC1Nc1c(CC)nc(-c2ccc(C(F)(F)F)cc2Cl)n(CC)c1=O. The number of rotatable bonds is 8. The Balaban J connectivity index is 1.72. The molecule has 3 heterocycles. The molecule has 3 aromatic rings. The molecule has 0 bridgehead atoms. The van der Waals surface area contributed by atoms with Crippen LogP contribution < -0.4 is 15.8 Å². The second-order valence-corrected chi connectivity index (χ2v) is 9.60. The monoisotopic (exact) mass is 541 g/mol. The highest BCUT2D eigenvalue weighted by Crippen LogP contribution is 2.35. The summed E-state index contributed by atoms with van der Waals surface area (Å²) >= 11 is 7.78. The van der Waals surface area contributed by atoms with Crippen molar-refractivity contribution >= 4 is 33.8 Å². The predicted molar refractivity (Wildman–Crippen MR) is 136 cm³/mol. The van der Waals surface area contributed by atoms with Gasteiger partial charge in [-0.2, -0.15) is 13.2 Å². The summed E-state index contributed by atoms with van der Waals surface area (Å²) in [6, 6.07) is 2.89. The summed E-state index contributed by atoms with van der Waals surface area (Å²) in [6.45, 7) is 7.60. The molecular weight excluding hydrogens is 515 g/mol. The Morgan fingerprint density at radius 1 is 1.25 bits per heavy atom. The molecule has 2 unspecified atom stereocenters. The molecule has 12 heteroatoms. The molecule has 1 aromatic carbocycles. The van der Waals surface area contributed by atoms with Crippen molar-refractivity contribution in [1.29, 1.82) is 0 Å². The minimum absolute atomic E-state index is 0.118. The first-order valence-corrected chi connectivity index (χ1v) is 13.0. The van der Waals surface area contributed by atoms with Crippen LogP contribution in [0.5, 0.6) is 0 Å². The van der Waals surface area contributed by atoms with Gasteiger partial charge in [0.2, 0.25) is 0 Å². The molecule has 1 aliphatic rings. The first kappa shape index (κ1) is 26.4. The maximum atomic E-state index is 13.6. The zero-order valence-electron chi connectivity index (χ0n) is 20.1. The largest absolute Gasteiger partial charge is 0.416 e. The lowest BCUT2D eigenvalue weighted by Gasteiger charge is -2.23. The van der Waals surface area contributed by atoms with Crippen LogP contribution in [0, 0.1) is 0 Å². The average Bonchev–Trinajstić information content (AvgIpc) is 3.50. The van der Waals surface area contributed by atoms with Crippen molar-refractivity contribution in [3.63, 3.8) is 0 Å². The molecule has 0 aliphatic carbocycles. The van der Waals surface area contributed by atoms with Gasteiger partial charge in [-0.3, -0.25) is 9.36 Å². The van der Waals surface area contributed by atoms with Gasteiger partial charge in [0, 0.05) is 43.4 Å². The molecule has 1 saturated heterocycles. The van der Waals surface area contributed by atoms with E-state index in [4.69, 9.17) is 21.3 Å². The Bertz CT molecular complexity index is 1270. The summed E-state index contributed by atoms with van der Waals surface area (Å²) < 4.78 is 46.8. The van der Waals surface area contributed by atoms with Gasteiger partial charge in [-0.15, -0.1) is 11.3 Å². The summed E-state index contributed by atoms with van der Waals surface area (Å²) in [5.74, 6) is 0.237. The third-order valence-electron chi connectivity index (χ3n) is 6.10. The summed E-state index contributed by atoms with van der Waals surface area (Å²) in [6.07, 6.45) is -2.49. The summed E-state index contributed by atoms with van der Waals surface area (Å²) in [4.78, 5) is 24.9.